The Bertz CT molecular complexity index is 503. The van der Waals surface area contributed by atoms with Gasteiger partial charge >= 0.3 is 0 Å². The Morgan fingerprint density at radius 1 is 0.727 bits per heavy atom. The van der Waals surface area contributed by atoms with Gasteiger partial charge in [-0.2, -0.15) is 0 Å². The van der Waals surface area contributed by atoms with E-state index >= 15 is 0 Å². The van der Waals surface area contributed by atoms with Crippen LogP contribution in [0, 0.1) is 17.3 Å². The van der Waals surface area contributed by atoms with Gasteiger partial charge in [0.1, 0.15) is 0 Å². The fourth-order valence-electron chi connectivity index (χ4n) is 6.13. The smallest absolute Gasteiger partial charge is 0.225 e. The van der Waals surface area contributed by atoms with Crippen LogP contribution in [0.3, 0.4) is 0 Å². The predicted molar refractivity (Wildman–Crippen MR) is 144 cm³/mol. The van der Waals surface area contributed by atoms with E-state index in [2.05, 4.69) is 37.5 Å². The minimum atomic E-state index is 0.295. The number of carbonyl (C=O) groups is 1. The number of hydrogen-bond donors (Lipinski definition) is 0. The highest BCUT2D eigenvalue weighted by molar-refractivity contribution is 5.79. The Kier molecular flexibility index (Phi) is 14.0. The van der Waals surface area contributed by atoms with E-state index in [1.54, 1.807) is 0 Å². The largest absolute Gasteiger partial charge is 0.341 e. The molecule has 194 valence electrons. The van der Waals surface area contributed by atoms with Crippen molar-refractivity contribution in [3.05, 3.63) is 0 Å². The van der Waals surface area contributed by atoms with E-state index in [9.17, 15) is 4.79 Å². The van der Waals surface area contributed by atoms with Crippen molar-refractivity contribution in [3.8, 4) is 0 Å². The van der Waals surface area contributed by atoms with Gasteiger partial charge in [0.05, 0.1) is 0 Å². The van der Waals surface area contributed by atoms with Gasteiger partial charge in [0.25, 0.3) is 0 Å². The fourth-order valence-corrected chi connectivity index (χ4v) is 6.13. The van der Waals surface area contributed by atoms with Crippen LogP contribution in [0.1, 0.15) is 137 Å². The molecule has 2 rings (SSSR count). The second-order valence-corrected chi connectivity index (χ2v) is 11.8. The van der Waals surface area contributed by atoms with Crippen molar-refractivity contribution in [1.29, 1.82) is 0 Å². The summed E-state index contributed by atoms with van der Waals surface area (Å²) < 4.78 is 0. The van der Waals surface area contributed by atoms with Crippen LogP contribution in [0.15, 0.2) is 0 Å². The molecule has 0 aromatic rings. The first kappa shape index (κ1) is 28.7. The van der Waals surface area contributed by atoms with Gasteiger partial charge in [-0.3, -0.25) is 4.79 Å². The topological polar surface area (TPSA) is 23.6 Å². The quantitative estimate of drug-likeness (QED) is 0.192. The molecule has 2 fully saturated rings. The molecule has 0 aromatic heterocycles. The first-order chi connectivity index (χ1) is 16.0. The average Bonchev–Trinajstić information content (AvgIpc) is 2.80. The maximum Gasteiger partial charge on any atom is 0.225 e. The van der Waals surface area contributed by atoms with Crippen LogP contribution in [-0.2, 0) is 4.79 Å². The molecule has 2 saturated heterocycles. The average molecular weight is 463 g/mol. The van der Waals surface area contributed by atoms with E-state index in [0.29, 0.717) is 17.2 Å². The van der Waals surface area contributed by atoms with Gasteiger partial charge < -0.3 is 9.80 Å². The summed E-state index contributed by atoms with van der Waals surface area (Å²) in [7, 11) is 0. The minimum absolute atomic E-state index is 0.295. The van der Waals surface area contributed by atoms with Crippen molar-refractivity contribution in [3.63, 3.8) is 0 Å². The lowest BCUT2D eigenvalue weighted by molar-refractivity contribution is -0.152. The highest BCUT2D eigenvalue weighted by Gasteiger charge is 2.47. The monoisotopic (exact) mass is 462 g/mol. The number of unbranched alkanes of at least 4 members (excludes halogenated alkanes) is 7. The second-order valence-electron chi connectivity index (χ2n) is 11.8. The highest BCUT2D eigenvalue weighted by Crippen LogP contribution is 2.41. The lowest BCUT2D eigenvalue weighted by atomic mass is 9.71. The maximum atomic E-state index is 13.2. The molecule has 2 unspecified atom stereocenters. The lowest BCUT2D eigenvalue weighted by Gasteiger charge is -2.54. The number of nitrogens with zero attached hydrogens (tertiary/aromatic N) is 2. The van der Waals surface area contributed by atoms with Crippen molar-refractivity contribution in [2.45, 2.75) is 137 Å². The molecule has 0 saturated carbocycles. The van der Waals surface area contributed by atoms with E-state index in [0.717, 1.165) is 31.8 Å². The van der Waals surface area contributed by atoms with Gasteiger partial charge in [0, 0.05) is 24.4 Å². The molecule has 3 nitrogen and oxygen atoms in total. The first-order valence-electron chi connectivity index (χ1n) is 15.0. The number of carbonyl (C=O) groups excluding carboxylic acids is 1. The van der Waals surface area contributed by atoms with Crippen molar-refractivity contribution in [1.82, 2.24) is 9.80 Å². The second kappa shape index (κ2) is 16.2. The third-order valence-corrected chi connectivity index (χ3v) is 8.66. The SMILES string of the molecule is CCCCCCC(C)CCCN1CCC2(CC1)CN(C(=O)C(CCCC)CCCCCC)C2. The number of rotatable bonds is 18. The normalized spacial score (nSPS) is 20.1. The maximum absolute atomic E-state index is 13.2. The predicted octanol–water partition coefficient (Wildman–Crippen LogP) is 8.07. The van der Waals surface area contributed by atoms with E-state index < -0.39 is 0 Å². The molecule has 1 spiro atoms. The van der Waals surface area contributed by atoms with E-state index in [-0.39, 0.29) is 0 Å². The van der Waals surface area contributed by atoms with Gasteiger partial charge in [-0.15, -0.1) is 0 Å². The molecule has 0 radical (unpaired) electrons. The summed E-state index contributed by atoms with van der Waals surface area (Å²) in [6, 6.07) is 0. The standard InChI is InChI=1S/C30H58N2O/c1-5-8-11-13-16-27(4)17-15-22-31-23-20-30(21-24-31)25-32(26-30)29(33)28(18-10-7-3)19-14-12-9-6-2/h27-28H,5-26H2,1-4H3. The van der Waals surface area contributed by atoms with Crippen LogP contribution in [0.2, 0.25) is 0 Å². The zero-order chi connectivity index (χ0) is 23.9. The molecule has 2 aliphatic heterocycles. The van der Waals surface area contributed by atoms with E-state index in [1.807, 2.05) is 0 Å². The number of likely N-dealkylation sites (tertiary alicyclic amines) is 2. The van der Waals surface area contributed by atoms with Crippen molar-refractivity contribution in [2.75, 3.05) is 32.7 Å². The van der Waals surface area contributed by atoms with E-state index in [1.165, 1.54) is 116 Å². The lowest BCUT2D eigenvalue weighted by Crippen LogP contribution is -2.62. The molecule has 2 atom stereocenters. The van der Waals surface area contributed by atoms with Gasteiger partial charge in [0.2, 0.25) is 5.91 Å². The minimum Gasteiger partial charge on any atom is -0.341 e. The first-order valence-corrected chi connectivity index (χ1v) is 15.0. The summed E-state index contributed by atoms with van der Waals surface area (Å²) in [5.74, 6) is 1.68. The Morgan fingerprint density at radius 3 is 1.88 bits per heavy atom. The van der Waals surface area contributed by atoms with Crippen LogP contribution in [-0.4, -0.2) is 48.4 Å². The van der Waals surface area contributed by atoms with Crippen molar-refractivity contribution in [2.24, 2.45) is 17.3 Å². The third kappa shape index (κ3) is 10.3. The molecule has 2 heterocycles. The summed E-state index contributed by atoms with van der Waals surface area (Å²) in [5, 5.41) is 0. The summed E-state index contributed by atoms with van der Waals surface area (Å²) in [5.41, 5.74) is 0.455. The van der Waals surface area contributed by atoms with Gasteiger partial charge in [0.15, 0.2) is 0 Å². The number of piperidine rings is 1. The van der Waals surface area contributed by atoms with Crippen LogP contribution < -0.4 is 0 Å². The zero-order valence-electron chi connectivity index (χ0n) is 23.0. The fraction of sp³-hybridized carbons (Fsp3) is 0.967. The Labute approximate surface area is 207 Å². The highest BCUT2D eigenvalue weighted by atomic mass is 16.2. The van der Waals surface area contributed by atoms with Crippen molar-refractivity contribution < 1.29 is 4.79 Å². The summed E-state index contributed by atoms with van der Waals surface area (Å²) in [6.07, 6.45) is 22.1. The molecule has 3 heteroatoms. The summed E-state index contributed by atoms with van der Waals surface area (Å²) in [6.45, 7) is 15.2. The number of hydrogen-bond acceptors (Lipinski definition) is 2. The van der Waals surface area contributed by atoms with Crippen LogP contribution in [0.5, 0.6) is 0 Å². The summed E-state index contributed by atoms with van der Waals surface area (Å²) >= 11 is 0. The summed E-state index contributed by atoms with van der Waals surface area (Å²) in [4.78, 5) is 18.2. The Hall–Kier alpha value is -0.570. The molecular weight excluding hydrogens is 404 g/mol. The Morgan fingerprint density at radius 2 is 1.27 bits per heavy atom. The van der Waals surface area contributed by atoms with Gasteiger partial charge in [-0.05, 0) is 64.1 Å². The molecule has 0 aliphatic carbocycles. The van der Waals surface area contributed by atoms with Crippen LogP contribution >= 0.6 is 0 Å². The molecule has 0 aromatic carbocycles. The molecule has 0 N–H and O–H groups in total. The van der Waals surface area contributed by atoms with Gasteiger partial charge in [-0.1, -0.05) is 98.3 Å². The van der Waals surface area contributed by atoms with E-state index in [4.69, 9.17) is 0 Å². The Balaban J connectivity index is 1.62. The molecule has 2 aliphatic rings. The molecule has 33 heavy (non-hydrogen) atoms. The van der Waals surface area contributed by atoms with Gasteiger partial charge in [-0.25, -0.2) is 0 Å². The molecule has 0 bridgehead atoms. The number of amides is 1. The third-order valence-electron chi connectivity index (χ3n) is 8.66. The zero-order valence-corrected chi connectivity index (χ0v) is 23.0. The van der Waals surface area contributed by atoms with Crippen LogP contribution in [0.25, 0.3) is 0 Å². The molecular formula is C30H58N2O. The van der Waals surface area contributed by atoms with Crippen LogP contribution in [0.4, 0.5) is 0 Å². The molecule has 1 amide bonds. The van der Waals surface area contributed by atoms with Crippen molar-refractivity contribution >= 4 is 5.91 Å².